The molecular formula is C19H14BrClN4O3. The van der Waals surface area contributed by atoms with Crippen molar-refractivity contribution in [2.75, 3.05) is 23.4 Å². The fraction of sp³-hybridized carbons (Fsp3) is 0.105. The van der Waals surface area contributed by atoms with E-state index < -0.39 is 0 Å². The van der Waals surface area contributed by atoms with Gasteiger partial charge in [0.15, 0.2) is 6.61 Å². The molecule has 0 radical (unpaired) electrons. The third-order valence-electron chi connectivity index (χ3n) is 4.18. The van der Waals surface area contributed by atoms with E-state index in [0.717, 1.165) is 10.2 Å². The third-order valence-corrected chi connectivity index (χ3v) is 4.98. The van der Waals surface area contributed by atoms with Crippen LogP contribution >= 0.6 is 27.5 Å². The summed E-state index contributed by atoms with van der Waals surface area (Å²) < 4.78 is 8.04. The molecule has 4 rings (SSSR count). The number of fused-ring (bicyclic) bond motifs is 1. The molecule has 0 bridgehead atoms. The zero-order valence-corrected chi connectivity index (χ0v) is 16.8. The van der Waals surface area contributed by atoms with Crippen LogP contribution in [0.4, 0.5) is 11.4 Å². The number of hydrogen-bond donors (Lipinski definition) is 1. The number of carbonyl (C=O) groups is 2. The number of anilines is 2. The first-order valence-corrected chi connectivity index (χ1v) is 9.49. The second-order valence-electron chi connectivity index (χ2n) is 6.06. The van der Waals surface area contributed by atoms with E-state index >= 15 is 0 Å². The number of nitrogens with one attached hydrogen (secondary N) is 1. The summed E-state index contributed by atoms with van der Waals surface area (Å²) in [6.45, 7) is -0.236. The number of halogens is 2. The summed E-state index contributed by atoms with van der Waals surface area (Å²) in [5.41, 5.74) is 1.85. The van der Waals surface area contributed by atoms with Crippen molar-refractivity contribution in [1.29, 1.82) is 0 Å². The Bertz CT molecular complexity index is 1060. The molecule has 1 aliphatic rings. The van der Waals surface area contributed by atoms with E-state index in [1.54, 1.807) is 59.7 Å². The normalized spacial score (nSPS) is 13.1. The highest BCUT2D eigenvalue weighted by atomic mass is 79.9. The summed E-state index contributed by atoms with van der Waals surface area (Å²) in [6.07, 6.45) is 5.07. The Balaban J connectivity index is 1.49. The Morgan fingerprint density at radius 2 is 2.07 bits per heavy atom. The Labute approximate surface area is 174 Å². The van der Waals surface area contributed by atoms with Crippen LogP contribution in [0.25, 0.3) is 5.69 Å². The van der Waals surface area contributed by atoms with Crippen molar-refractivity contribution in [1.82, 2.24) is 9.55 Å². The standard InChI is InChI=1S/C19H14BrClN4O3/c20-12-1-3-16-17(7-12)28-10-19(27)25(16)9-18(26)23-13-2-4-15(14(21)8-13)24-6-5-22-11-24/h1-8,11H,9-10H2,(H,23,26). The molecule has 7 nitrogen and oxygen atoms in total. The second-order valence-corrected chi connectivity index (χ2v) is 7.39. The van der Waals surface area contributed by atoms with Crippen molar-refractivity contribution in [3.05, 3.63) is 64.6 Å². The molecule has 0 atom stereocenters. The third kappa shape index (κ3) is 3.74. The Kier molecular flexibility index (Phi) is 5.06. The zero-order valence-electron chi connectivity index (χ0n) is 14.4. The summed E-state index contributed by atoms with van der Waals surface area (Å²) in [6, 6.07) is 10.5. The van der Waals surface area contributed by atoms with Gasteiger partial charge in [0.2, 0.25) is 5.91 Å². The average Bonchev–Trinajstić information content (AvgIpc) is 3.18. The summed E-state index contributed by atoms with van der Waals surface area (Å²) in [4.78, 5) is 30.1. The molecule has 9 heteroatoms. The van der Waals surface area contributed by atoms with E-state index in [1.165, 1.54) is 4.90 Å². The van der Waals surface area contributed by atoms with Crippen LogP contribution in [0.1, 0.15) is 0 Å². The van der Waals surface area contributed by atoms with E-state index in [-0.39, 0.29) is 25.0 Å². The highest BCUT2D eigenvalue weighted by Crippen LogP contribution is 2.34. The minimum Gasteiger partial charge on any atom is -0.482 e. The van der Waals surface area contributed by atoms with Crippen LogP contribution in [0, 0.1) is 0 Å². The lowest BCUT2D eigenvalue weighted by atomic mass is 10.2. The van der Waals surface area contributed by atoms with Gasteiger partial charge >= 0.3 is 0 Å². The molecule has 0 fully saturated rings. The first-order chi connectivity index (χ1) is 13.5. The number of amides is 2. The van der Waals surface area contributed by atoms with Crippen LogP contribution in [0.15, 0.2) is 59.6 Å². The van der Waals surface area contributed by atoms with Gasteiger partial charge in [-0.2, -0.15) is 0 Å². The number of carbonyl (C=O) groups excluding carboxylic acids is 2. The molecule has 2 amide bonds. The molecule has 0 unspecified atom stereocenters. The molecule has 1 aliphatic heterocycles. The van der Waals surface area contributed by atoms with Gasteiger partial charge in [0.05, 0.1) is 22.7 Å². The van der Waals surface area contributed by atoms with Gasteiger partial charge in [-0.3, -0.25) is 14.5 Å². The number of benzene rings is 2. The molecular weight excluding hydrogens is 448 g/mol. The number of aromatic nitrogens is 2. The maximum Gasteiger partial charge on any atom is 0.265 e. The van der Waals surface area contributed by atoms with E-state index in [0.29, 0.717) is 22.1 Å². The quantitative estimate of drug-likeness (QED) is 0.643. The molecule has 142 valence electrons. The molecule has 0 aliphatic carbocycles. The van der Waals surface area contributed by atoms with Crippen LogP contribution < -0.4 is 15.0 Å². The molecule has 0 saturated carbocycles. The number of ether oxygens (including phenoxy) is 1. The van der Waals surface area contributed by atoms with Gasteiger partial charge < -0.3 is 14.6 Å². The summed E-state index contributed by atoms with van der Waals surface area (Å²) >= 11 is 9.68. The zero-order chi connectivity index (χ0) is 19.7. The molecule has 2 aromatic carbocycles. The minimum absolute atomic E-state index is 0.109. The molecule has 3 aromatic rings. The highest BCUT2D eigenvalue weighted by molar-refractivity contribution is 9.10. The molecule has 2 heterocycles. The fourth-order valence-corrected chi connectivity index (χ4v) is 3.51. The Hall–Kier alpha value is -2.84. The summed E-state index contributed by atoms with van der Waals surface area (Å²) in [7, 11) is 0. The van der Waals surface area contributed by atoms with Crippen LogP contribution in [0.5, 0.6) is 5.75 Å². The SMILES string of the molecule is O=C(CN1C(=O)COc2cc(Br)ccc21)Nc1ccc(-n2ccnc2)c(Cl)c1. The number of rotatable bonds is 4. The van der Waals surface area contributed by atoms with Crippen LogP contribution in [-0.2, 0) is 9.59 Å². The van der Waals surface area contributed by atoms with Crippen molar-refractivity contribution >= 4 is 50.7 Å². The fourth-order valence-electron chi connectivity index (χ4n) is 2.89. The van der Waals surface area contributed by atoms with Crippen molar-refractivity contribution in [2.45, 2.75) is 0 Å². The first kappa shape index (κ1) is 18.5. The molecule has 28 heavy (non-hydrogen) atoms. The Morgan fingerprint density at radius 3 is 2.82 bits per heavy atom. The summed E-state index contributed by atoms with van der Waals surface area (Å²) in [5.74, 6) is -0.0662. The topological polar surface area (TPSA) is 76.5 Å². The van der Waals surface area contributed by atoms with E-state index in [4.69, 9.17) is 16.3 Å². The van der Waals surface area contributed by atoms with Crippen LogP contribution in [0.3, 0.4) is 0 Å². The lowest BCUT2D eigenvalue weighted by Crippen LogP contribution is -2.43. The first-order valence-electron chi connectivity index (χ1n) is 8.32. The van der Waals surface area contributed by atoms with Crippen molar-refractivity contribution < 1.29 is 14.3 Å². The summed E-state index contributed by atoms with van der Waals surface area (Å²) in [5, 5.41) is 3.24. The largest absolute Gasteiger partial charge is 0.482 e. The molecule has 0 saturated heterocycles. The van der Waals surface area contributed by atoms with Crippen LogP contribution in [0.2, 0.25) is 5.02 Å². The minimum atomic E-state index is -0.337. The van der Waals surface area contributed by atoms with Crippen molar-refractivity contribution in [3.63, 3.8) is 0 Å². The lowest BCUT2D eigenvalue weighted by Gasteiger charge is -2.29. The Morgan fingerprint density at radius 1 is 1.25 bits per heavy atom. The van der Waals surface area contributed by atoms with Gasteiger partial charge in [-0.15, -0.1) is 0 Å². The number of hydrogen-bond acceptors (Lipinski definition) is 4. The average molecular weight is 462 g/mol. The number of imidazole rings is 1. The lowest BCUT2D eigenvalue weighted by molar-refractivity contribution is -0.123. The second kappa shape index (κ2) is 7.65. The maximum atomic E-state index is 12.5. The van der Waals surface area contributed by atoms with Gasteiger partial charge in [0, 0.05) is 22.6 Å². The van der Waals surface area contributed by atoms with Gasteiger partial charge in [0.25, 0.3) is 5.91 Å². The predicted octanol–water partition coefficient (Wildman–Crippen LogP) is 3.65. The van der Waals surface area contributed by atoms with Gasteiger partial charge in [-0.1, -0.05) is 27.5 Å². The van der Waals surface area contributed by atoms with Gasteiger partial charge in [-0.05, 0) is 36.4 Å². The van der Waals surface area contributed by atoms with Crippen molar-refractivity contribution in [3.8, 4) is 11.4 Å². The smallest absolute Gasteiger partial charge is 0.265 e. The van der Waals surface area contributed by atoms with E-state index in [1.807, 2.05) is 0 Å². The molecule has 1 aromatic heterocycles. The highest BCUT2D eigenvalue weighted by Gasteiger charge is 2.27. The number of nitrogens with zero attached hydrogens (tertiary/aromatic N) is 3. The van der Waals surface area contributed by atoms with Gasteiger partial charge in [-0.25, -0.2) is 4.98 Å². The predicted molar refractivity (Wildman–Crippen MR) is 109 cm³/mol. The van der Waals surface area contributed by atoms with E-state index in [2.05, 4.69) is 26.2 Å². The van der Waals surface area contributed by atoms with Crippen LogP contribution in [-0.4, -0.2) is 34.5 Å². The molecule has 1 N–H and O–H groups in total. The monoisotopic (exact) mass is 460 g/mol. The van der Waals surface area contributed by atoms with Gasteiger partial charge in [0.1, 0.15) is 12.3 Å². The molecule has 0 spiro atoms. The maximum absolute atomic E-state index is 12.5. The van der Waals surface area contributed by atoms with E-state index in [9.17, 15) is 9.59 Å². The van der Waals surface area contributed by atoms with Crippen molar-refractivity contribution in [2.24, 2.45) is 0 Å².